The predicted octanol–water partition coefficient (Wildman–Crippen LogP) is 1.13. The van der Waals surface area contributed by atoms with Gasteiger partial charge >= 0.3 is 5.97 Å². The first-order valence-corrected chi connectivity index (χ1v) is 12.1. The summed E-state index contributed by atoms with van der Waals surface area (Å²) in [5.74, 6) is -2.34. The first-order valence-electron chi connectivity index (χ1n) is 11.1. The molecule has 3 saturated heterocycles. The number of nitrogens with zero attached hydrogens (tertiary/aromatic N) is 1. The van der Waals surface area contributed by atoms with Crippen molar-refractivity contribution >= 4 is 33.7 Å². The van der Waals surface area contributed by atoms with Crippen molar-refractivity contribution in [1.82, 2.24) is 10.2 Å². The fraction of sp³-hybridized carbons (Fsp3) is 0.857. The Hall–Kier alpha value is -1.19. The van der Waals surface area contributed by atoms with Gasteiger partial charge in [0, 0.05) is 24.0 Å². The number of hydrogen-bond donors (Lipinski definition) is 2. The summed E-state index contributed by atoms with van der Waals surface area (Å²) in [6, 6.07) is -0.691. The standard InChI is InChI=1S/C21H31BrN2O6/c1-2-29-20(28)14-15-19(27)24(9-6-10-25)17(21(15)11-13(22)16(14)30-21)18(26)23-12-7-4-3-5-8-12/h12-17,25H,2-11H2,1H3,(H,23,26)/t13?,14-,15+,16-,17-,21+/m1/s1. The minimum atomic E-state index is -1.04. The lowest BCUT2D eigenvalue weighted by Crippen LogP contribution is -2.57. The van der Waals surface area contributed by atoms with E-state index >= 15 is 0 Å². The van der Waals surface area contributed by atoms with Gasteiger partial charge in [0.05, 0.1) is 24.5 Å². The van der Waals surface area contributed by atoms with Crippen LogP contribution in [0.5, 0.6) is 0 Å². The average Bonchev–Trinajstić information content (AvgIpc) is 3.31. The minimum absolute atomic E-state index is 0.0791. The number of hydrogen-bond acceptors (Lipinski definition) is 6. The van der Waals surface area contributed by atoms with Crippen molar-refractivity contribution < 1.29 is 29.0 Å². The van der Waals surface area contributed by atoms with Gasteiger partial charge in [0.15, 0.2) is 0 Å². The van der Waals surface area contributed by atoms with Crippen LogP contribution < -0.4 is 5.32 Å². The van der Waals surface area contributed by atoms with Crippen molar-refractivity contribution in [1.29, 1.82) is 0 Å². The van der Waals surface area contributed by atoms with Gasteiger partial charge in [0.25, 0.3) is 0 Å². The van der Waals surface area contributed by atoms with Crippen LogP contribution in [0.2, 0.25) is 0 Å². The van der Waals surface area contributed by atoms with Gasteiger partial charge in [-0.05, 0) is 32.6 Å². The Kier molecular flexibility index (Phi) is 6.42. The summed E-state index contributed by atoms with van der Waals surface area (Å²) >= 11 is 3.62. The molecule has 1 unspecified atom stereocenters. The average molecular weight is 487 g/mol. The molecule has 9 heteroatoms. The van der Waals surface area contributed by atoms with Crippen molar-refractivity contribution in [2.45, 2.75) is 80.5 Å². The number of carbonyl (C=O) groups is 3. The third-order valence-corrected chi connectivity index (χ3v) is 7.95. The number of aliphatic hydroxyl groups excluding tert-OH is 1. The molecule has 168 valence electrons. The maximum absolute atomic E-state index is 13.5. The third-order valence-electron chi connectivity index (χ3n) is 7.10. The number of nitrogens with one attached hydrogen (secondary N) is 1. The second-order valence-electron chi connectivity index (χ2n) is 8.87. The second-order valence-corrected chi connectivity index (χ2v) is 10.0. The highest BCUT2D eigenvalue weighted by Gasteiger charge is 2.76. The number of fused-ring (bicyclic) bond motifs is 1. The van der Waals surface area contributed by atoms with E-state index in [0.717, 1.165) is 25.7 Å². The van der Waals surface area contributed by atoms with E-state index in [1.165, 1.54) is 11.3 Å². The van der Waals surface area contributed by atoms with Gasteiger partial charge in [-0.1, -0.05) is 35.2 Å². The first-order chi connectivity index (χ1) is 14.4. The molecule has 0 aromatic heterocycles. The molecule has 4 rings (SSSR count). The number of amides is 2. The SMILES string of the molecule is CCOC(=O)[C@H]1[C@@H]2O[C@@]3(CC2Br)[C@@H]1C(=O)N(CCCO)[C@@H]3C(=O)NC1CCCCC1. The van der Waals surface area contributed by atoms with Gasteiger partial charge in [-0.25, -0.2) is 0 Å². The summed E-state index contributed by atoms with van der Waals surface area (Å²) in [5.41, 5.74) is -1.04. The molecule has 3 aliphatic heterocycles. The highest BCUT2D eigenvalue weighted by Crippen LogP contribution is 2.60. The minimum Gasteiger partial charge on any atom is -0.466 e. The Morgan fingerprint density at radius 1 is 1.33 bits per heavy atom. The van der Waals surface area contributed by atoms with Crippen molar-refractivity contribution in [2.24, 2.45) is 11.8 Å². The zero-order chi connectivity index (χ0) is 21.5. The number of carbonyl (C=O) groups excluding carboxylic acids is 3. The van der Waals surface area contributed by atoms with E-state index in [9.17, 15) is 19.5 Å². The normalized spacial score (nSPS) is 38.0. The molecule has 3 heterocycles. The van der Waals surface area contributed by atoms with Crippen LogP contribution in [0, 0.1) is 11.8 Å². The largest absolute Gasteiger partial charge is 0.466 e. The van der Waals surface area contributed by atoms with Gasteiger partial charge in [-0.2, -0.15) is 0 Å². The summed E-state index contributed by atoms with van der Waals surface area (Å²) in [7, 11) is 0. The van der Waals surface area contributed by atoms with Crippen molar-refractivity contribution in [3.63, 3.8) is 0 Å². The first kappa shape index (κ1) is 22.0. The number of rotatable bonds is 7. The van der Waals surface area contributed by atoms with Crippen molar-refractivity contribution in [2.75, 3.05) is 19.8 Å². The van der Waals surface area contributed by atoms with Crippen LogP contribution in [0.4, 0.5) is 0 Å². The molecule has 0 radical (unpaired) electrons. The third kappa shape index (κ3) is 3.46. The highest BCUT2D eigenvalue weighted by molar-refractivity contribution is 9.09. The Morgan fingerprint density at radius 2 is 2.07 bits per heavy atom. The lowest BCUT2D eigenvalue weighted by Gasteiger charge is -2.35. The monoisotopic (exact) mass is 486 g/mol. The number of likely N-dealkylation sites (tertiary alicyclic amines) is 1. The van der Waals surface area contributed by atoms with Crippen LogP contribution in [0.15, 0.2) is 0 Å². The van der Waals surface area contributed by atoms with E-state index in [-0.39, 0.29) is 42.4 Å². The summed E-state index contributed by atoms with van der Waals surface area (Å²) in [5, 5.41) is 12.5. The van der Waals surface area contributed by atoms with E-state index in [1.807, 2.05) is 0 Å². The van der Waals surface area contributed by atoms with Crippen LogP contribution in [-0.4, -0.2) is 76.2 Å². The molecule has 0 aromatic carbocycles. The molecular formula is C21H31BrN2O6. The molecule has 2 N–H and O–H groups in total. The number of alkyl halides is 1. The number of esters is 1. The zero-order valence-corrected chi connectivity index (χ0v) is 18.9. The summed E-state index contributed by atoms with van der Waals surface area (Å²) in [6.07, 6.45) is 5.61. The summed E-state index contributed by atoms with van der Waals surface area (Å²) < 4.78 is 11.6. The van der Waals surface area contributed by atoms with Gasteiger partial charge in [-0.3, -0.25) is 14.4 Å². The molecule has 30 heavy (non-hydrogen) atoms. The van der Waals surface area contributed by atoms with Crippen LogP contribution in [0.25, 0.3) is 0 Å². The van der Waals surface area contributed by atoms with E-state index < -0.39 is 35.6 Å². The van der Waals surface area contributed by atoms with Gasteiger partial charge < -0.3 is 24.8 Å². The van der Waals surface area contributed by atoms with E-state index in [1.54, 1.807) is 6.92 Å². The lowest BCUT2D eigenvalue weighted by atomic mass is 9.70. The van der Waals surface area contributed by atoms with Gasteiger partial charge in [-0.15, -0.1) is 0 Å². The summed E-state index contributed by atoms with van der Waals surface area (Å²) in [4.78, 5) is 41.1. The number of aliphatic hydroxyl groups is 1. The second kappa shape index (κ2) is 8.74. The molecule has 0 aromatic rings. The molecule has 2 bridgehead atoms. The van der Waals surface area contributed by atoms with Crippen molar-refractivity contribution in [3.05, 3.63) is 0 Å². The van der Waals surface area contributed by atoms with Crippen LogP contribution in [-0.2, 0) is 23.9 Å². The smallest absolute Gasteiger partial charge is 0.312 e. The topological polar surface area (TPSA) is 105 Å². The quantitative estimate of drug-likeness (QED) is 0.412. The Labute approximate surface area is 185 Å². The fourth-order valence-corrected chi connectivity index (χ4v) is 6.89. The number of halogens is 1. The van der Waals surface area contributed by atoms with E-state index in [2.05, 4.69) is 21.2 Å². The van der Waals surface area contributed by atoms with Gasteiger partial charge in [0.2, 0.25) is 11.8 Å². The molecule has 2 amide bonds. The van der Waals surface area contributed by atoms with E-state index in [0.29, 0.717) is 12.8 Å². The molecule has 4 fully saturated rings. The molecule has 1 aliphatic carbocycles. The molecule has 8 nitrogen and oxygen atoms in total. The molecule has 1 saturated carbocycles. The van der Waals surface area contributed by atoms with Crippen LogP contribution in [0.3, 0.4) is 0 Å². The molecular weight excluding hydrogens is 456 g/mol. The van der Waals surface area contributed by atoms with Gasteiger partial charge in [0.1, 0.15) is 11.6 Å². The zero-order valence-electron chi connectivity index (χ0n) is 17.3. The number of ether oxygens (including phenoxy) is 2. The molecule has 6 atom stereocenters. The maximum Gasteiger partial charge on any atom is 0.312 e. The van der Waals surface area contributed by atoms with E-state index in [4.69, 9.17) is 9.47 Å². The maximum atomic E-state index is 13.5. The highest BCUT2D eigenvalue weighted by atomic mass is 79.9. The Morgan fingerprint density at radius 3 is 2.73 bits per heavy atom. The molecule has 4 aliphatic rings. The lowest BCUT2D eigenvalue weighted by molar-refractivity contribution is -0.154. The molecule has 1 spiro atoms. The fourth-order valence-electron chi connectivity index (χ4n) is 5.95. The summed E-state index contributed by atoms with van der Waals surface area (Å²) in [6.45, 7) is 2.14. The van der Waals surface area contributed by atoms with Crippen LogP contribution in [0.1, 0.15) is 51.9 Å². The van der Waals surface area contributed by atoms with Crippen LogP contribution >= 0.6 is 15.9 Å². The predicted molar refractivity (Wildman–Crippen MR) is 111 cm³/mol. The van der Waals surface area contributed by atoms with Crippen molar-refractivity contribution in [3.8, 4) is 0 Å². The Bertz CT molecular complexity index is 699. The Balaban J connectivity index is 1.65.